The van der Waals surface area contributed by atoms with Gasteiger partial charge in [-0.3, -0.25) is 9.59 Å². The van der Waals surface area contributed by atoms with Gasteiger partial charge in [-0.1, -0.05) is 25.0 Å². The summed E-state index contributed by atoms with van der Waals surface area (Å²) in [7, 11) is 0. The SMILES string of the molecule is O=C(NC1CCCCC1CO)c1c[nH]c2ccccc2c1=O. The van der Waals surface area contributed by atoms with Gasteiger partial charge in [0.25, 0.3) is 5.91 Å². The highest BCUT2D eigenvalue weighted by Crippen LogP contribution is 2.24. The van der Waals surface area contributed by atoms with Crippen LogP contribution in [-0.2, 0) is 0 Å². The fourth-order valence-corrected chi connectivity index (χ4v) is 3.20. The maximum Gasteiger partial charge on any atom is 0.256 e. The minimum absolute atomic E-state index is 0.0582. The Hall–Kier alpha value is -2.14. The number of H-pyrrole nitrogens is 1. The number of pyridine rings is 1. The lowest BCUT2D eigenvalue weighted by Gasteiger charge is -2.30. The zero-order valence-electron chi connectivity index (χ0n) is 12.3. The molecule has 2 unspecified atom stereocenters. The molecular weight excluding hydrogens is 280 g/mol. The summed E-state index contributed by atoms with van der Waals surface area (Å²) < 4.78 is 0. The molecule has 22 heavy (non-hydrogen) atoms. The lowest BCUT2D eigenvalue weighted by atomic mass is 9.85. The summed E-state index contributed by atoms with van der Waals surface area (Å²) in [5.74, 6) is -0.283. The number of nitrogens with one attached hydrogen (secondary N) is 2. The number of fused-ring (bicyclic) bond motifs is 1. The average Bonchev–Trinajstić information content (AvgIpc) is 2.56. The number of aromatic amines is 1. The van der Waals surface area contributed by atoms with E-state index in [0.717, 1.165) is 31.2 Å². The molecule has 2 atom stereocenters. The molecule has 5 nitrogen and oxygen atoms in total. The van der Waals surface area contributed by atoms with Gasteiger partial charge in [-0.15, -0.1) is 0 Å². The highest BCUT2D eigenvalue weighted by molar-refractivity contribution is 5.97. The second kappa shape index (κ2) is 6.32. The van der Waals surface area contributed by atoms with Gasteiger partial charge in [0.2, 0.25) is 5.43 Å². The van der Waals surface area contributed by atoms with Crippen LogP contribution in [0.1, 0.15) is 36.0 Å². The molecule has 1 heterocycles. The Balaban J connectivity index is 1.86. The Morgan fingerprint density at radius 2 is 2.05 bits per heavy atom. The summed E-state index contributed by atoms with van der Waals surface area (Å²) in [5, 5.41) is 12.9. The first-order chi connectivity index (χ1) is 10.7. The number of hydrogen-bond donors (Lipinski definition) is 3. The normalized spacial score (nSPS) is 21.7. The molecule has 0 bridgehead atoms. The number of amides is 1. The van der Waals surface area contributed by atoms with Crippen LogP contribution in [0, 0.1) is 5.92 Å². The predicted molar refractivity (Wildman–Crippen MR) is 84.9 cm³/mol. The number of aromatic nitrogens is 1. The van der Waals surface area contributed by atoms with Crippen molar-refractivity contribution in [3.63, 3.8) is 0 Å². The van der Waals surface area contributed by atoms with E-state index in [4.69, 9.17) is 0 Å². The van der Waals surface area contributed by atoms with Gasteiger partial charge in [-0.05, 0) is 25.0 Å². The van der Waals surface area contributed by atoms with Gasteiger partial charge in [-0.25, -0.2) is 0 Å². The van der Waals surface area contributed by atoms with Crippen LogP contribution in [0.15, 0.2) is 35.3 Å². The van der Waals surface area contributed by atoms with Gasteiger partial charge in [0, 0.05) is 35.7 Å². The zero-order chi connectivity index (χ0) is 15.5. The summed E-state index contributed by atoms with van der Waals surface area (Å²) >= 11 is 0. The van der Waals surface area contributed by atoms with Crippen molar-refractivity contribution >= 4 is 16.8 Å². The third kappa shape index (κ3) is 2.76. The quantitative estimate of drug-likeness (QED) is 0.808. The first-order valence-electron chi connectivity index (χ1n) is 7.73. The van der Waals surface area contributed by atoms with E-state index >= 15 is 0 Å². The predicted octanol–water partition coefficient (Wildman–Crippen LogP) is 1.81. The van der Waals surface area contributed by atoms with Crippen LogP contribution >= 0.6 is 0 Å². The van der Waals surface area contributed by atoms with Crippen molar-refractivity contribution in [2.24, 2.45) is 5.92 Å². The Bertz CT molecular complexity index is 738. The maximum absolute atomic E-state index is 12.4. The fourth-order valence-electron chi connectivity index (χ4n) is 3.20. The number of hydrogen-bond acceptors (Lipinski definition) is 3. The lowest BCUT2D eigenvalue weighted by Crippen LogP contribution is -2.44. The van der Waals surface area contributed by atoms with Crippen molar-refractivity contribution in [2.75, 3.05) is 6.61 Å². The van der Waals surface area contributed by atoms with Crippen LogP contribution in [0.2, 0.25) is 0 Å². The molecule has 1 saturated carbocycles. The van der Waals surface area contributed by atoms with Crippen LogP contribution in [-0.4, -0.2) is 28.6 Å². The number of carbonyl (C=O) groups excluding carboxylic acids is 1. The van der Waals surface area contributed by atoms with Gasteiger partial charge in [-0.2, -0.15) is 0 Å². The van der Waals surface area contributed by atoms with Crippen LogP contribution in [0.5, 0.6) is 0 Å². The third-order valence-corrected chi connectivity index (χ3v) is 4.49. The molecule has 1 aromatic carbocycles. The first kappa shape index (κ1) is 14.8. The van der Waals surface area contributed by atoms with Gasteiger partial charge < -0.3 is 15.4 Å². The third-order valence-electron chi connectivity index (χ3n) is 4.49. The van der Waals surface area contributed by atoms with Gasteiger partial charge in [0.05, 0.1) is 0 Å². The number of rotatable bonds is 3. The van der Waals surface area contributed by atoms with Gasteiger partial charge >= 0.3 is 0 Å². The number of carbonyl (C=O) groups is 1. The molecule has 0 aliphatic heterocycles. The molecule has 3 rings (SSSR count). The summed E-state index contributed by atoms with van der Waals surface area (Å²) in [4.78, 5) is 27.9. The van der Waals surface area contributed by atoms with Gasteiger partial charge in [0.15, 0.2) is 0 Å². The van der Waals surface area contributed by atoms with Gasteiger partial charge in [0.1, 0.15) is 5.56 Å². The van der Waals surface area contributed by atoms with Crippen LogP contribution < -0.4 is 10.7 Å². The highest BCUT2D eigenvalue weighted by Gasteiger charge is 2.27. The lowest BCUT2D eigenvalue weighted by molar-refractivity contribution is 0.0871. The Morgan fingerprint density at radius 1 is 1.27 bits per heavy atom. The minimum atomic E-state index is -0.364. The van der Waals surface area contributed by atoms with E-state index < -0.39 is 0 Å². The molecule has 5 heteroatoms. The molecule has 1 fully saturated rings. The summed E-state index contributed by atoms with van der Waals surface area (Å²) in [5.41, 5.74) is 0.583. The van der Waals surface area contributed by atoms with Crippen molar-refractivity contribution in [2.45, 2.75) is 31.7 Å². The zero-order valence-corrected chi connectivity index (χ0v) is 12.3. The molecular formula is C17H20N2O3. The molecule has 0 saturated heterocycles. The molecule has 116 valence electrons. The average molecular weight is 300 g/mol. The number of aliphatic hydroxyl groups excluding tert-OH is 1. The van der Waals surface area contributed by atoms with Crippen molar-refractivity contribution in [1.82, 2.24) is 10.3 Å². The van der Waals surface area contributed by atoms with Crippen molar-refractivity contribution in [3.8, 4) is 0 Å². The minimum Gasteiger partial charge on any atom is -0.396 e. The Morgan fingerprint density at radius 3 is 2.86 bits per heavy atom. The van der Waals surface area contributed by atoms with Crippen LogP contribution in [0.3, 0.4) is 0 Å². The largest absolute Gasteiger partial charge is 0.396 e. The highest BCUT2D eigenvalue weighted by atomic mass is 16.3. The Labute approximate surface area is 128 Å². The fraction of sp³-hybridized carbons (Fsp3) is 0.412. The first-order valence-corrected chi connectivity index (χ1v) is 7.73. The van der Waals surface area contributed by atoms with Crippen LogP contribution in [0.4, 0.5) is 0 Å². The molecule has 2 aromatic rings. The molecule has 0 radical (unpaired) electrons. The number of aliphatic hydroxyl groups is 1. The second-order valence-electron chi connectivity index (χ2n) is 5.88. The summed E-state index contributed by atoms with van der Waals surface area (Å²) in [6.45, 7) is 0.0685. The molecule has 1 aromatic heterocycles. The summed E-state index contributed by atoms with van der Waals surface area (Å²) in [6, 6.07) is 7.08. The van der Waals surface area contributed by atoms with E-state index in [1.54, 1.807) is 18.2 Å². The molecule has 1 aliphatic carbocycles. The summed E-state index contributed by atoms with van der Waals surface area (Å²) in [6.07, 6.45) is 5.35. The standard InChI is InChI=1S/C17H20N2O3/c20-10-11-5-1-3-7-14(11)19-17(22)13-9-18-15-8-4-2-6-12(15)16(13)21/h2,4,6,8-9,11,14,20H,1,3,5,7,10H2,(H,18,21)(H,19,22). The van der Waals surface area contributed by atoms with Crippen LogP contribution in [0.25, 0.3) is 10.9 Å². The Kier molecular flexibility index (Phi) is 4.24. The van der Waals surface area contributed by atoms with Crippen molar-refractivity contribution in [3.05, 3.63) is 46.2 Å². The van der Waals surface area contributed by atoms with E-state index in [1.807, 2.05) is 6.07 Å². The van der Waals surface area contributed by atoms with Crippen molar-refractivity contribution in [1.29, 1.82) is 0 Å². The monoisotopic (exact) mass is 300 g/mol. The van der Waals surface area contributed by atoms with Crippen molar-refractivity contribution < 1.29 is 9.90 Å². The maximum atomic E-state index is 12.4. The second-order valence-corrected chi connectivity index (χ2v) is 5.88. The number of benzene rings is 1. The molecule has 1 aliphatic rings. The van der Waals surface area contributed by atoms with E-state index in [0.29, 0.717) is 5.39 Å². The van der Waals surface area contributed by atoms with E-state index in [2.05, 4.69) is 10.3 Å². The van der Waals surface area contributed by atoms with E-state index in [1.165, 1.54) is 6.20 Å². The number of para-hydroxylation sites is 1. The molecule has 1 amide bonds. The van der Waals surface area contributed by atoms with E-state index in [9.17, 15) is 14.7 Å². The molecule has 3 N–H and O–H groups in total. The smallest absolute Gasteiger partial charge is 0.256 e. The topological polar surface area (TPSA) is 82.2 Å². The molecule has 0 spiro atoms. The van der Waals surface area contributed by atoms with E-state index in [-0.39, 0.29) is 35.5 Å².